The van der Waals surface area contributed by atoms with Gasteiger partial charge in [-0.1, -0.05) is 23.2 Å². The molecule has 4 nitrogen and oxygen atoms in total. The molecule has 17 heavy (non-hydrogen) atoms. The lowest BCUT2D eigenvalue weighted by Crippen LogP contribution is -2.35. The third-order valence-electron chi connectivity index (χ3n) is 2.11. The molecular formula is C11H14Cl2N2O2. The van der Waals surface area contributed by atoms with Crippen molar-refractivity contribution in [3.63, 3.8) is 0 Å². The van der Waals surface area contributed by atoms with E-state index in [1.807, 2.05) is 6.92 Å². The van der Waals surface area contributed by atoms with Gasteiger partial charge in [0.05, 0.1) is 22.3 Å². The maximum absolute atomic E-state index is 11.8. The Labute approximate surface area is 110 Å². The van der Waals surface area contributed by atoms with Crippen molar-refractivity contribution in [3.05, 3.63) is 27.7 Å². The normalized spacial score (nSPS) is 12.2. The number of carbonyl (C=O) groups excluding carboxylic acids is 1. The van der Waals surface area contributed by atoms with Crippen LogP contribution in [0.1, 0.15) is 17.3 Å². The number of nitrogen functional groups attached to an aromatic ring is 1. The number of hydrogen-bond donors (Lipinski definition) is 2. The van der Waals surface area contributed by atoms with E-state index in [0.717, 1.165) is 0 Å². The molecule has 94 valence electrons. The molecular weight excluding hydrogens is 263 g/mol. The van der Waals surface area contributed by atoms with Gasteiger partial charge in [0, 0.05) is 18.7 Å². The van der Waals surface area contributed by atoms with Gasteiger partial charge in [-0.05, 0) is 19.1 Å². The van der Waals surface area contributed by atoms with Gasteiger partial charge in [0.1, 0.15) is 0 Å². The van der Waals surface area contributed by atoms with E-state index >= 15 is 0 Å². The lowest BCUT2D eigenvalue weighted by atomic mass is 10.2. The molecule has 0 spiro atoms. The van der Waals surface area contributed by atoms with E-state index in [1.54, 1.807) is 7.11 Å². The van der Waals surface area contributed by atoms with E-state index in [9.17, 15) is 4.79 Å². The van der Waals surface area contributed by atoms with Gasteiger partial charge in [-0.2, -0.15) is 0 Å². The predicted octanol–water partition coefficient (Wildman–Crippen LogP) is 2.34. The zero-order chi connectivity index (χ0) is 13.0. The maximum atomic E-state index is 11.8. The van der Waals surface area contributed by atoms with Crippen molar-refractivity contribution in [2.75, 3.05) is 19.5 Å². The Morgan fingerprint density at radius 3 is 2.71 bits per heavy atom. The molecule has 0 radical (unpaired) electrons. The zero-order valence-electron chi connectivity index (χ0n) is 9.59. The number of methoxy groups -OCH3 is 1. The highest BCUT2D eigenvalue weighted by Gasteiger charge is 2.13. The molecule has 0 heterocycles. The van der Waals surface area contributed by atoms with Crippen molar-refractivity contribution >= 4 is 34.8 Å². The molecule has 1 aromatic rings. The van der Waals surface area contributed by atoms with Crippen LogP contribution >= 0.6 is 23.2 Å². The quantitative estimate of drug-likeness (QED) is 0.830. The van der Waals surface area contributed by atoms with Crippen LogP contribution in [0.2, 0.25) is 10.0 Å². The van der Waals surface area contributed by atoms with Crippen LogP contribution in [0.4, 0.5) is 5.69 Å². The second-order valence-corrected chi connectivity index (χ2v) is 4.48. The summed E-state index contributed by atoms with van der Waals surface area (Å²) in [5.41, 5.74) is 6.28. The Morgan fingerprint density at radius 1 is 1.53 bits per heavy atom. The number of hydrogen-bond acceptors (Lipinski definition) is 3. The highest BCUT2D eigenvalue weighted by Crippen LogP contribution is 2.29. The minimum absolute atomic E-state index is 0.0943. The number of rotatable bonds is 4. The van der Waals surface area contributed by atoms with Crippen molar-refractivity contribution in [2.45, 2.75) is 13.0 Å². The Kier molecular flexibility index (Phi) is 5.05. The molecule has 0 aliphatic rings. The summed E-state index contributed by atoms with van der Waals surface area (Å²) in [5.74, 6) is -0.264. The summed E-state index contributed by atoms with van der Waals surface area (Å²) in [6.45, 7) is 2.27. The number of benzene rings is 1. The first-order valence-corrected chi connectivity index (χ1v) is 5.75. The minimum Gasteiger partial charge on any atom is -0.397 e. The Hall–Kier alpha value is -0.970. The van der Waals surface area contributed by atoms with Gasteiger partial charge >= 0.3 is 0 Å². The standard InChI is InChI=1S/C11H14Cl2N2O2/c1-6(5-17-2)15-11(16)7-3-8(12)10(13)9(14)4-7/h3-4,6H,5,14H2,1-2H3,(H,15,16). The molecule has 1 aromatic carbocycles. The van der Waals surface area contributed by atoms with Crippen molar-refractivity contribution in [3.8, 4) is 0 Å². The molecule has 0 aromatic heterocycles. The van der Waals surface area contributed by atoms with Crippen LogP contribution in [-0.4, -0.2) is 25.7 Å². The van der Waals surface area contributed by atoms with Crippen LogP contribution in [0.25, 0.3) is 0 Å². The predicted molar refractivity (Wildman–Crippen MR) is 69.7 cm³/mol. The van der Waals surface area contributed by atoms with Gasteiger partial charge in [-0.25, -0.2) is 0 Å². The number of amides is 1. The molecule has 1 rings (SSSR count). The topological polar surface area (TPSA) is 64.3 Å². The van der Waals surface area contributed by atoms with E-state index < -0.39 is 0 Å². The van der Waals surface area contributed by atoms with Gasteiger partial charge in [0.15, 0.2) is 0 Å². The van der Waals surface area contributed by atoms with E-state index in [0.29, 0.717) is 12.2 Å². The zero-order valence-corrected chi connectivity index (χ0v) is 11.1. The van der Waals surface area contributed by atoms with Crippen molar-refractivity contribution in [2.24, 2.45) is 0 Å². The Bertz CT molecular complexity index is 401. The summed E-state index contributed by atoms with van der Waals surface area (Å²) in [5, 5.41) is 3.27. The lowest BCUT2D eigenvalue weighted by molar-refractivity contribution is 0.0905. The van der Waals surface area contributed by atoms with Gasteiger partial charge in [0.25, 0.3) is 5.91 Å². The molecule has 0 fully saturated rings. The molecule has 0 aliphatic carbocycles. The van der Waals surface area contributed by atoms with Crippen molar-refractivity contribution in [1.82, 2.24) is 5.32 Å². The van der Waals surface area contributed by atoms with Crippen LogP contribution < -0.4 is 11.1 Å². The number of nitrogens with one attached hydrogen (secondary N) is 1. The summed E-state index contributed by atoms with van der Waals surface area (Å²) in [6, 6.07) is 2.88. The molecule has 0 bridgehead atoms. The van der Waals surface area contributed by atoms with Crippen LogP contribution in [0.3, 0.4) is 0 Å². The summed E-state index contributed by atoms with van der Waals surface area (Å²) in [7, 11) is 1.57. The van der Waals surface area contributed by atoms with E-state index in [1.165, 1.54) is 12.1 Å². The van der Waals surface area contributed by atoms with Crippen LogP contribution in [0, 0.1) is 0 Å². The summed E-state index contributed by atoms with van der Waals surface area (Å²) >= 11 is 11.6. The SMILES string of the molecule is COCC(C)NC(=O)c1cc(N)c(Cl)c(Cl)c1. The molecule has 1 amide bonds. The average molecular weight is 277 g/mol. The number of halogens is 2. The minimum atomic E-state index is -0.264. The largest absolute Gasteiger partial charge is 0.397 e. The number of nitrogens with two attached hydrogens (primary N) is 1. The highest BCUT2D eigenvalue weighted by atomic mass is 35.5. The van der Waals surface area contributed by atoms with Crippen LogP contribution in [0.15, 0.2) is 12.1 Å². The number of anilines is 1. The Morgan fingerprint density at radius 2 is 2.18 bits per heavy atom. The molecule has 0 saturated heterocycles. The number of carbonyl (C=O) groups is 1. The number of ether oxygens (including phenoxy) is 1. The average Bonchev–Trinajstić information content (AvgIpc) is 2.25. The first-order chi connectivity index (χ1) is 7.95. The fourth-order valence-corrected chi connectivity index (χ4v) is 1.68. The molecule has 1 atom stereocenters. The summed E-state index contributed by atoms with van der Waals surface area (Å²) in [6.07, 6.45) is 0. The van der Waals surface area contributed by atoms with Gasteiger partial charge < -0.3 is 15.8 Å². The monoisotopic (exact) mass is 276 g/mol. The summed E-state index contributed by atoms with van der Waals surface area (Å²) < 4.78 is 4.92. The molecule has 1 unspecified atom stereocenters. The molecule has 6 heteroatoms. The fraction of sp³-hybridized carbons (Fsp3) is 0.364. The second-order valence-electron chi connectivity index (χ2n) is 3.69. The van der Waals surface area contributed by atoms with Crippen molar-refractivity contribution < 1.29 is 9.53 Å². The smallest absolute Gasteiger partial charge is 0.251 e. The van der Waals surface area contributed by atoms with E-state index in [-0.39, 0.29) is 27.7 Å². The van der Waals surface area contributed by atoms with Gasteiger partial charge in [0.2, 0.25) is 0 Å². The highest BCUT2D eigenvalue weighted by molar-refractivity contribution is 6.43. The molecule has 0 saturated carbocycles. The van der Waals surface area contributed by atoms with Crippen LogP contribution in [-0.2, 0) is 4.74 Å². The van der Waals surface area contributed by atoms with E-state index in [4.69, 9.17) is 33.7 Å². The third-order valence-corrected chi connectivity index (χ3v) is 2.93. The first kappa shape index (κ1) is 14.1. The maximum Gasteiger partial charge on any atom is 0.251 e. The van der Waals surface area contributed by atoms with Gasteiger partial charge in [-0.3, -0.25) is 4.79 Å². The van der Waals surface area contributed by atoms with Gasteiger partial charge in [-0.15, -0.1) is 0 Å². The fourth-order valence-electron chi connectivity index (χ4n) is 1.34. The second kappa shape index (κ2) is 6.10. The molecule has 0 aliphatic heterocycles. The van der Waals surface area contributed by atoms with Crippen LogP contribution in [0.5, 0.6) is 0 Å². The first-order valence-electron chi connectivity index (χ1n) is 5.00. The van der Waals surface area contributed by atoms with E-state index in [2.05, 4.69) is 5.32 Å². The molecule has 3 N–H and O–H groups in total. The van der Waals surface area contributed by atoms with Crippen molar-refractivity contribution in [1.29, 1.82) is 0 Å². The Balaban J connectivity index is 2.83. The lowest BCUT2D eigenvalue weighted by Gasteiger charge is -2.13. The third kappa shape index (κ3) is 3.77. The summed E-state index contributed by atoms with van der Waals surface area (Å²) in [4.78, 5) is 11.8.